The SMILES string of the molecule is N#CCc1c(C(F)(F)F)ncc(CCl)c1OC(F)(F)F. The molecule has 20 heavy (non-hydrogen) atoms. The van der Waals surface area contributed by atoms with Crippen LogP contribution in [0, 0.1) is 11.3 Å². The fraction of sp³-hybridized carbons (Fsp3) is 0.400. The molecule has 0 aliphatic rings. The predicted molar refractivity (Wildman–Crippen MR) is 54.8 cm³/mol. The maximum atomic E-state index is 12.7. The third kappa shape index (κ3) is 3.90. The smallest absolute Gasteiger partial charge is 0.405 e. The van der Waals surface area contributed by atoms with Crippen molar-refractivity contribution in [3.05, 3.63) is 23.0 Å². The van der Waals surface area contributed by atoms with Crippen molar-refractivity contribution in [1.29, 1.82) is 5.26 Å². The Kier molecular flexibility index (Phi) is 4.70. The molecule has 1 heterocycles. The zero-order valence-corrected chi connectivity index (χ0v) is 10.2. The summed E-state index contributed by atoms with van der Waals surface area (Å²) in [6.45, 7) is 0. The van der Waals surface area contributed by atoms with Gasteiger partial charge >= 0.3 is 12.5 Å². The molecule has 0 aliphatic heterocycles. The van der Waals surface area contributed by atoms with Crippen LogP contribution in [-0.2, 0) is 18.5 Å². The van der Waals surface area contributed by atoms with Gasteiger partial charge in [-0.2, -0.15) is 18.4 Å². The van der Waals surface area contributed by atoms with E-state index in [1.54, 1.807) is 0 Å². The minimum Gasteiger partial charge on any atom is -0.405 e. The van der Waals surface area contributed by atoms with Crippen molar-refractivity contribution in [3.8, 4) is 11.8 Å². The van der Waals surface area contributed by atoms with Gasteiger partial charge < -0.3 is 4.74 Å². The minimum atomic E-state index is -5.21. The highest BCUT2D eigenvalue weighted by atomic mass is 35.5. The first kappa shape index (κ1) is 16.4. The summed E-state index contributed by atoms with van der Waals surface area (Å²) >= 11 is 5.35. The third-order valence-electron chi connectivity index (χ3n) is 2.09. The van der Waals surface area contributed by atoms with Crippen molar-refractivity contribution in [2.75, 3.05) is 0 Å². The van der Waals surface area contributed by atoms with E-state index in [9.17, 15) is 26.3 Å². The maximum absolute atomic E-state index is 12.7. The fourth-order valence-corrected chi connectivity index (χ4v) is 1.60. The normalized spacial score (nSPS) is 12.1. The number of aromatic nitrogens is 1. The second-order valence-electron chi connectivity index (χ2n) is 3.45. The molecule has 0 aromatic carbocycles. The van der Waals surface area contributed by atoms with E-state index >= 15 is 0 Å². The number of alkyl halides is 7. The average molecular weight is 319 g/mol. The Hall–Kier alpha value is -1.69. The van der Waals surface area contributed by atoms with Crippen LogP contribution in [0.3, 0.4) is 0 Å². The van der Waals surface area contributed by atoms with Gasteiger partial charge in [0.15, 0.2) is 5.69 Å². The van der Waals surface area contributed by atoms with E-state index in [0.717, 1.165) is 0 Å². The lowest BCUT2D eigenvalue weighted by Crippen LogP contribution is -2.22. The molecule has 0 radical (unpaired) electrons. The van der Waals surface area contributed by atoms with Crippen LogP contribution in [0.5, 0.6) is 5.75 Å². The van der Waals surface area contributed by atoms with Crippen LogP contribution in [0.25, 0.3) is 0 Å². The minimum absolute atomic E-state index is 0.387. The van der Waals surface area contributed by atoms with E-state index in [4.69, 9.17) is 16.9 Å². The third-order valence-corrected chi connectivity index (χ3v) is 2.38. The Balaban J connectivity index is 3.54. The standard InChI is InChI=1S/C10H5ClF6N2O/c11-3-5-4-19-8(9(12,13)14)6(1-2-18)7(5)20-10(15,16)17/h4H,1,3H2. The van der Waals surface area contributed by atoms with E-state index < -0.39 is 41.8 Å². The zero-order chi connectivity index (χ0) is 15.6. The van der Waals surface area contributed by atoms with Crippen molar-refractivity contribution >= 4 is 11.6 Å². The molecule has 0 spiro atoms. The van der Waals surface area contributed by atoms with Crippen LogP contribution in [0.4, 0.5) is 26.3 Å². The molecular formula is C10H5ClF6N2O. The summed E-state index contributed by atoms with van der Waals surface area (Å²) in [6.07, 6.45) is -10.6. The molecule has 0 unspecified atom stereocenters. The van der Waals surface area contributed by atoms with Gasteiger partial charge in [0.05, 0.1) is 18.4 Å². The van der Waals surface area contributed by atoms with E-state index in [1.165, 1.54) is 6.07 Å². The molecule has 1 aromatic heterocycles. The Morgan fingerprint density at radius 2 is 1.85 bits per heavy atom. The Morgan fingerprint density at radius 3 is 2.25 bits per heavy atom. The van der Waals surface area contributed by atoms with Gasteiger partial charge in [-0.15, -0.1) is 24.8 Å². The number of pyridine rings is 1. The van der Waals surface area contributed by atoms with Crippen molar-refractivity contribution in [1.82, 2.24) is 4.98 Å². The van der Waals surface area contributed by atoms with E-state index in [0.29, 0.717) is 6.20 Å². The molecule has 0 saturated heterocycles. The number of hydrogen-bond acceptors (Lipinski definition) is 3. The van der Waals surface area contributed by atoms with E-state index in [-0.39, 0.29) is 5.56 Å². The number of nitrogens with zero attached hydrogens (tertiary/aromatic N) is 2. The molecule has 0 aliphatic carbocycles. The molecule has 110 valence electrons. The first-order valence-corrected chi connectivity index (χ1v) is 5.40. The molecule has 10 heteroatoms. The molecule has 0 bridgehead atoms. The lowest BCUT2D eigenvalue weighted by Gasteiger charge is -2.18. The van der Waals surface area contributed by atoms with Gasteiger partial charge in [0, 0.05) is 17.3 Å². The summed E-state index contributed by atoms with van der Waals surface area (Å²) in [4.78, 5) is 3.02. The van der Waals surface area contributed by atoms with E-state index in [1.807, 2.05) is 0 Å². The topological polar surface area (TPSA) is 45.9 Å². The molecule has 1 aromatic rings. The van der Waals surface area contributed by atoms with Crippen molar-refractivity contribution < 1.29 is 31.1 Å². The Labute approximate surface area is 113 Å². The molecule has 0 fully saturated rings. The number of halogens is 7. The molecule has 0 N–H and O–H groups in total. The zero-order valence-electron chi connectivity index (χ0n) is 9.44. The van der Waals surface area contributed by atoms with Crippen LogP contribution in [0.15, 0.2) is 6.20 Å². The average Bonchev–Trinajstić information content (AvgIpc) is 2.28. The van der Waals surface area contributed by atoms with Gasteiger partial charge in [-0.1, -0.05) is 0 Å². The summed E-state index contributed by atoms with van der Waals surface area (Å²) < 4.78 is 78.4. The summed E-state index contributed by atoms with van der Waals surface area (Å²) in [5.41, 5.74) is -2.98. The van der Waals surface area contributed by atoms with Crippen molar-refractivity contribution in [2.24, 2.45) is 0 Å². The maximum Gasteiger partial charge on any atom is 0.573 e. The Morgan fingerprint density at radius 1 is 1.25 bits per heavy atom. The van der Waals surface area contributed by atoms with Gasteiger partial charge in [-0.25, -0.2) is 0 Å². The van der Waals surface area contributed by atoms with Crippen LogP contribution >= 0.6 is 11.6 Å². The summed E-state index contributed by atoms with van der Waals surface area (Å²) in [7, 11) is 0. The molecular weight excluding hydrogens is 314 g/mol. The lowest BCUT2D eigenvalue weighted by atomic mass is 10.1. The van der Waals surface area contributed by atoms with E-state index in [2.05, 4.69) is 9.72 Å². The molecule has 0 atom stereocenters. The molecule has 0 amide bonds. The van der Waals surface area contributed by atoms with Gasteiger partial charge in [0.25, 0.3) is 0 Å². The molecule has 3 nitrogen and oxygen atoms in total. The second-order valence-corrected chi connectivity index (χ2v) is 3.72. The van der Waals surface area contributed by atoms with Crippen LogP contribution in [-0.4, -0.2) is 11.3 Å². The summed E-state index contributed by atoms with van der Waals surface area (Å²) in [5.74, 6) is -1.68. The van der Waals surface area contributed by atoms with Crippen LogP contribution in [0.2, 0.25) is 0 Å². The van der Waals surface area contributed by atoms with Crippen molar-refractivity contribution in [3.63, 3.8) is 0 Å². The Bertz CT molecular complexity index is 534. The lowest BCUT2D eigenvalue weighted by molar-refractivity contribution is -0.275. The quantitative estimate of drug-likeness (QED) is 0.629. The first-order valence-electron chi connectivity index (χ1n) is 4.86. The van der Waals surface area contributed by atoms with Crippen LogP contribution in [0.1, 0.15) is 16.8 Å². The summed E-state index contributed by atoms with van der Waals surface area (Å²) in [6, 6.07) is 1.34. The highest BCUT2D eigenvalue weighted by molar-refractivity contribution is 6.17. The van der Waals surface area contributed by atoms with Gasteiger partial charge in [0.2, 0.25) is 0 Å². The van der Waals surface area contributed by atoms with Gasteiger partial charge in [-0.3, -0.25) is 4.98 Å². The first-order chi connectivity index (χ1) is 9.10. The number of nitriles is 1. The van der Waals surface area contributed by atoms with Gasteiger partial charge in [-0.05, 0) is 0 Å². The largest absolute Gasteiger partial charge is 0.573 e. The van der Waals surface area contributed by atoms with Gasteiger partial charge in [0.1, 0.15) is 5.75 Å². The number of rotatable bonds is 3. The second kappa shape index (κ2) is 5.75. The molecule has 1 rings (SSSR count). The number of hydrogen-bond donors (Lipinski definition) is 0. The molecule has 0 saturated carbocycles. The highest BCUT2D eigenvalue weighted by Gasteiger charge is 2.40. The monoisotopic (exact) mass is 318 g/mol. The number of ether oxygens (including phenoxy) is 1. The van der Waals surface area contributed by atoms with Crippen LogP contribution < -0.4 is 4.74 Å². The summed E-state index contributed by atoms with van der Waals surface area (Å²) in [5, 5.41) is 8.48. The highest BCUT2D eigenvalue weighted by Crippen LogP contribution is 2.39. The fourth-order valence-electron chi connectivity index (χ4n) is 1.41. The van der Waals surface area contributed by atoms with Crippen molar-refractivity contribution in [2.45, 2.75) is 24.8 Å². The predicted octanol–water partition coefficient (Wildman–Crippen LogP) is 3.80.